The minimum Gasteiger partial charge on any atom is -0.479 e. The first-order valence-corrected chi connectivity index (χ1v) is 3.50. The summed E-state index contributed by atoms with van der Waals surface area (Å²) in [6, 6.07) is -0.837. The van der Waals surface area contributed by atoms with Crippen molar-refractivity contribution in [2.75, 3.05) is 6.61 Å². The van der Waals surface area contributed by atoms with Crippen LogP contribution in [0.25, 0.3) is 0 Å². The number of ether oxygens (including phenoxy) is 1. The van der Waals surface area contributed by atoms with Crippen molar-refractivity contribution in [3.05, 3.63) is 0 Å². The molecule has 1 aliphatic heterocycles. The number of aliphatic hydroxyl groups is 2. The molecule has 0 radical (unpaired) electrons. The predicted octanol–water partition coefficient (Wildman–Crippen LogP) is -2.48. The van der Waals surface area contributed by atoms with Crippen molar-refractivity contribution >= 4 is 5.97 Å². The second kappa shape index (κ2) is 3.36. The molecular formula is C6H11NO5. The SMILES string of the molecule is N[C@H]1C(O)[C@@H](C(=O)O)O[C@@H]1CO. The zero-order chi connectivity index (χ0) is 9.30. The minimum absolute atomic E-state index is 0.387. The molecule has 0 bridgehead atoms. The highest BCUT2D eigenvalue weighted by Gasteiger charge is 2.44. The van der Waals surface area contributed by atoms with E-state index in [0.29, 0.717) is 0 Å². The zero-order valence-electron chi connectivity index (χ0n) is 6.25. The number of carbonyl (C=O) groups is 1. The highest BCUT2D eigenvalue weighted by atomic mass is 16.6. The molecule has 1 fully saturated rings. The fraction of sp³-hybridized carbons (Fsp3) is 0.833. The van der Waals surface area contributed by atoms with Crippen molar-refractivity contribution in [1.29, 1.82) is 0 Å². The van der Waals surface area contributed by atoms with E-state index in [4.69, 9.17) is 20.7 Å². The fourth-order valence-electron chi connectivity index (χ4n) is 1.15. The molecule has 12 heavy (non-hydrogen) atoms. The third-order valence-corrected chi connectivity index (χ3v) is 1.88. The summed E-state index contributed by atoms with van der Waals surface area (Å²) in [5, 5.41) is 26.3. The normalized spacial score (nSPS) is 41.6. The first-order valence-electron chi connectivity index (χ1n) is 3.50. The average molecular weight is 177 g/mol. The topological polar surface area (TPSA) is 113 Å². The minimum atomic E-state index is -1.32. The number of hydrogen-bond donors (Lipinski definition) is 4. The lowest BCUT2D eigenvalue weighted by molar-refractivity contribution is -0.153. The highest BCUT2D eigenvalue weighted by Crippen LogP contribution is 2.19. The van der Waals surface area contributed by atoms with Gasteiger partial charge in [-0.2, -0.15) is 0 Å². The molecule has 70 valence electrons. The maximum atomic E-state index is 10.4. The Morgan fingerprint density at radius 1 is 1.58 bits per heavy atom. The van der Waals surface area contributed by atoms with Crippen molar-refractivity contribution < 1.29 is 24.9 Å². The van der Waals surface area contributed by atoms with E-state index in [1.807, 2.05) is 0 Å². The molecule has 0 saturated carbocycles. The maximum Gasteiger partial charge on any atom is 0.335 e. The summed E-state index contributed by atoms with van der Waals surface area (Å²) in [5.74, 6) is -1.27. The van der Waals surface area contributed by atoms with Gasteiger partial charge in [0.25, 0.3) is 0 Å². The molecule has 0 aromatic heterocycles. The van der Waals surface area contributed by atoms with Crippen molar-refractivity contribution in [3.8, 4) is 0 Å². The van der Waals surface area contributed by atoms with Crippen molar-refractivity contribution in [1.82, 2.24) is 0 Å². The first kappa shape index (κ1) is 9.40. The van der Waals surface area contributed by atoms with Crippen LogP contribution in [0.3, 0.4) is 0 Å². The Balaban J connectivity index is 2.66. The van der Waals surface area contributed by atoms with Gasteiger partial charge in [0.1, 0.15) is 6.10 Å². The standard InChI is InChI=1S/C6H11NO5/c7-3-2(1-8)12-5(4(3)9)6(10)11/h2-5,8-9H,1,7H2,(H,10,11)/t2-,3-,4?,5+/m1/s1. The van der Waals surface area contributed by atoms with Crippen LogP contribution in [0, 0.1) is 0 Å². The van der Waals surface area contributed by atoms with Crippen LogP contribution in [0.15, 0.2) is 0 Å². The van der Waals surface area contributed by atoms with Crippen LogP contribution in [-0.4, -0.2) is 52.2 Å². The van der Waals surface area contributed by atoms with Crippen molar-refractivity contribution in [3.63, 3.8) is 0 Å². The van der Waals surface area contributed by atoms with Gasteiger partial charge < -0.3 is 25.8 Å². The van der Waals surface area contributed by atoms with Crippen LogP contribution in [-0.2, 0) is 9.53 Å². The highest BCUT2D eigenvalue weighted by molar-refractivity contribution is 5.73. The quantitative estimate of drug-likeness (QED) is 0.371. The molecule has 4 atom stereocenters. The fourth-order valence-corrected chi connectivity index (χ4v) is 1.15. The summed E-state index contributed by atoms with van der Waals surface area (Å²) in [7, 11) is 0. The van der Waals surface area contributed by atoms with Crippen molar-refractivity contribution in [2.45, 2.75) is 24.4 Å². The van der Waals surface area contributed by atoms with Crippen LogP contribution in [0.1, 0.15) is 0 Å². The third-order valence-electron chi connectivity index (χ3n) is 1.88. The van der Waals surface area contributed by atoms with Gasteiger partial charge in [0.15, 0.2) is 6.10 Å². The van der Waals surface area contributed by atoms with E-state index in [9.17, 15) is 9.90 Å². The summed E-state index contributed by atoms with van der Waals surface area (Å²) in [6.07, 6.45) is -3.36. The smallest absolute Gasteiger partial charge is 0.335 e. The lowest BCUT2D eigenvalue weighted by Crippen LogP contribution is -2.43. The average Bonchev–Trinajstić information content (AvgIpc) is 2.30. The third kappa shape index (κ3) is 1.42. The number of rotatable bonds is 2. The van der Waals surface area contributed by atoms with E-state index in [1.54, 1.807) is 0 Å². The summed E-state index contributed by atoms with van der Waals surface area (Å²) in [5.41, 5.74) is 5.36. The number of aliphatic hydroxyl groups excluding tert-OH is 2. The van der Waals surface area contributed by atoms with Crippen LogP contribution in [0.4, 0.5) is 0 Å². The van der Waals surface area contributed by atoms with Gasteiger partial charge in [-0.15, -0.1) is 0 Å². The molecule has 1 unspecified atom stereocenters. The number of carboxylic acids is 1. The summed E-state index contributed by atoms with van der Waals surface area (Å²) in [4.78, 5) is 10.4. The molecule has 1 saturated heterocycles. The van der Waals surface area contributed by atoms with E-state index in [2.05, 4.69) is 0 Å². The zero-order valence-corrected chi connectivity index (χ0v) is 6.25. The van der Waals surface area contributed by atoms with Gasteiger partial charge in [0.2, 0.25) is 0 Å². The van der Waals surface area contributed by atoms with Gasteiger partial charge in [-0.05, 0) is 0 Å². The summed E-state index contributed by atoms with van der Waals surface area (Å²) < 4.78 is 4.77. The lowest BCUT2D eigenvalue weighted by Gasteiger charge is -2.11. The van der Waals surface area contributed by atoms with Crippen LogP contribution < -0.4 is 5.73 Å². The second-order valence-corrected chi connectivity index (χ2v) is 2.68. The molecule has 0 spiro atoms. The van der Waals surface area contributed by atoms with Gasteiger partial charge >= 0.3 is 5.97 Å². The molecule has 1 heterocycles. The summed E-state index contributed by atoms with van der Waals surface area (Å²) in [6.45, 7) is -0.387. The van der Waals surface area contributed by atoms with Gasteiger partial charge in [0, 0.05) is 0 Å². The van der Waals surface area contributed by atoms with Crippen LogP contribution >= 0.6 is 0 Å². The molecule has 6 heteroatoms. The summed E-state index contributed by atoms with van der Waals surface area (Å²) >= 11 is 0. The molecule has 0 amide bonds. The van der Waals surface area contributed by atoms with Gasteiger partial charge in [-0.3, -0.25) is 0 Å². The van der Waals surface area contributed by atoms with E-state index in [1.165, 1.54) is 0 Å². The van der Waals surface area contributed by atoms with E-state index in [0.717, 1.165) is 0 Å². The molecule has 0 aromatic rings. The Morgan fingerprint density at radius 3 is 2.42 bits per heavy atom. The Kier molecular flexibility index (Phi) is 2.63. The van der Waals surface area contributed by atoms with Crippen LogP contribution in [0.2, 0.25) is 0 Å². The molecule has 1 aliphatic rings. The molecule has 0 aliphatic carbocycles. The Morgan fingerprint density at radius 2 is 2.17 bits per heavy atom. The lowest BCUT2D eigenvalue weighted by atomic mass is 10.1. The molecule has 1 rings (SSSR count). The van der Waals surface area contributed by atoms with E-state index < -0.39 is 30.3 Å². The predicted molar refractivity (Wildman–Crippen MR) is 37.4 cm³/mol. The Labute approximate surface area is 68.6 Å². The number of nitrogens with two attached hydrogens (primary N) is 1. The number of aliphatic carboxylic acids is 1. The van der Waals surface area contributed by atoms with E-state index >= 15 is 0 Å². The molecule has 0 aromatic carbocycles. The maximum absolute atomic E-state index is 10.4. The second-order valence-electron chi connectivity index (χ2n) is 2.68. The van der Waals surface area contributed by atoms with Gasteiger partial charge in [-0.1, -0.05) is 0 Å². The van der Waals surface area contributed by atoms with Gasteiger partial charge in [-0.25, -0.2) is 4.79 Å². The van der Waals surface area contributed by atoms with Gasteiger partial charge in [0.05, 0.1) is 18.8 Å². The molecule has 5 N–H and O–H groups in total. The van der Waals surface area contributed by atoms with Crippen molar-refractivity contribution in [2.24, 2.45) is 5.73 Å². The number of hydrogen-bond acceptors (Lipinski definition) is 5. The monoisotopic (exact) mass is 177 g/mol. The molecule has 6 nitrogen and oxygen atoms in total. The first-order chi connectivity index (χ1) is 5.57. The molecular weight excluding hydrogens is 166 g/mol. The van der Waals surface area contributed by atoms with E-state index in [-0.39, 0.29) is 6.61 Å². The largest absolute Gasteiger partial charge is 0.479 e. The Bertz CT molecular complexity index is 185. The number of carboxylic acid groups (broad SMARTS) is 1. The van der Waals surface area contributed by atoms with Crippen LogP contribution in [0.5, 0.6) is 0 Å². The Hall–Kier alpha value is -0.690.